The fourth-order valence-electron chi connectivity index (χ4n) is 3.06. The van der Waals surface area contributed by atoms with Gasteiger partial charge in [-0.25, -0.2) is 0 Å². The van der Waals surface area contributed by atoms with Crippen LogP contribution >= 0.6 is 0 Å². The lowest BCUT2D eigenvalue weighted by Gasteiger charge is -2.14. The first-order valence-electron chi connectivity index (χ1n) is 7.42. The van der Waals surface area contributed by atoms with Gasteiger partial charge in [0, 0.05) is 6.42 Å². The topological polar surface area (TPSA) is 17.1 Å². The van der Waals surface area contributed by atoms with E-state index < -0.39 is 0 Å². The summed E-state index contributed by atoms with van der Waals surface area (Å²) in [7, 11) is 0. The average molecular weight is 256 g/mol. The Bertz CT molecular complexity index is 422. The lowest BCUT2D eigenvalue weighted by atomic mass is 9.91. The lowest BCUT2D eigenvalue weighted by molar-refractivity contribution is -0.114. The molecule has 0 spiro atoms. The number of hydrogen-bond acceptors (Lipinski definition) is 1. The van der Waals surface area contributed by atoms with Crippen LogP contribution in [0.4, 0.5) is 0 Å². The highest BCUT2D eigenvalue weighted by atomic mass is 16.1. The molecule has 0 amide bonds. The number of allylic oxidation sites excluding steroid dienone is 2. The highest BCUT2D eigenvalue weighted by Crippen LogP contribution is 2.37. The molecule has 0 radical (unpaired) electrons. The third-order valence-corrected chi connectivity index (χ3v) is 4.40. The molecule has 19 heavy (non-hydrogen) atoms. The monoisotopic (exact) mass is 256 g/mol. The van der Waals surface area contributed by atoms with Crippen LogP contribution in [0.5, 0.6) is 0 Å². The second-order valence-electron chi connectivity index (χ2n) is 5.92. The summed E-state index contributed by atoms with van der Waals surface area (Å²) in [5, 5.41) is 0. The van der Waals surface area contributed by atoms with Crippen molar-refractivity contribution in [3.8, 4) is 0 Å². The Balaban J connectivity index is 1.81. The summed E-state index contributed by atoms with van der Waals surface area (Å²) in [5.74, 6) is 2.32. The van der Waals surface area contributed by atoms with Gasteiger partial charge in [-0.3, -0.25) is 4.79 Å². The number of rotatable bonds is 5. The number of benzene rings is 1. The van der Waals surface area contributed by atoms with Gasteiger partial charge in [0.15, 0.2) is 5.78 Å². The van der Waals surface area contributed by atoms with Crippen molar-refractivity contribution in [2.45, 2.75) is 39.5 Å². The molecule has 0 saturated heterocycles. The Hall–Kier alpha value is -1.37. The van der Waals surface area contributed by atoms with Crippen LogP contribution in [-0.2, 0) is 11.2 Å². The van der Waals surface area contributed by atoms with E-state index in [1.807, 2.05) is 24.3 Å². The summed E-state index contributed by atoms with van der Waals surface area (Å²) in [4.78, 5) is 11.9. The van der Waals surface area contributed by atoms with Gasteiger partial charge in [0.1, 0.15) is 0 Å². The van der Waals surface area contributed by atoms with Crippen LogP contribution in [0.3, 0.4) is 0 Å². The SMILES string of the molecule is C[C@@H]1CC[C@H](C)[C@H]1/C=C/C(=O)CCc1ccccc1. The minimum Gasteiger partial charge on any atom is -0.295 e. The number of aryl methyl sites for hydroxylation is 1. The second-order valence-corrected chi connectivity index (χ2v) is 5.92. The molecule has 1 aromatic carbocycles. The zero-order valence-corrected chi connectivity index (χ0v) is 12.0. The van der Waals surface area contributed by atoms with E-state index >= 15 is 0 Å². The molecule has 2 rings (SSSR count). The smallest absolute Gasteiger partial charge is 0.155 e. The van der Waals surface area contributed by atoms with Crippen molar-refractivity contribution in [1.82, 2.24) is 0 Å². The van der Waals surface area contributed by atoms with E-state index in [0.29, 0.717) is 12.3 Å². The third-order valence-electron chi connectivity index (χ3n) is 4.40. The Labute approximate surface area is 116 Å². The molecule has 0 bridgehead atoms. The van der Waals surface area contributed by atoms with E-state index in [0.717, 1.165) is 18.3 Å². The van der Waals surface area contributed by atoms with Gasteiger partial charge in [0.05, 0.1) is 0 Å². The van der Waals surface area contributed by atoms with Crippen molar-refractivity contribution in [2.75, 3.05) is 0 Å². The van der Waals surface area contributed by atoms with Crippen LogP contribution in [-0.4, -0.2) is 5.78 Å². The van der Waals surface area contributed by atoms with Gasteiger partial charge in [0.25, 0.3) is 0 Å². The minimum atomic E-state index is 0.259. The molecular weight excluding hydrogens is 232 g/mol. The van der Waals surface area contributed by atoms with Gasteiger partial charge < -0.3 is 0 Å². The van der Waals surface area contributed by atoms with Crippen molar-refractivity contribution in [1.29, 1.82) is 0 Å². The average Bonchev–Trinajstić information content (AvgIpc) is 2.75. The van der Waals surface area contributed by atoms with Gasteiger partial charge in [-0.1, -0.05) is 50.3 Å². The number of carbonyl (C=O) groups is 1. The van der Waals surface area contributed by atoms with E-state index in [4.69, 9.17) is 0 Å². The standard InChI is InChI=1S/C18H24O/c1-14-8-9-15(2)18(14)13-12-17(19)11-10-16-6-4-3-5-7-16/h3-7,12-15,18H,8-11H2,1-2H3/b13-12+/t14-,15+,18+. The molecule has 1 aromatic rings. The minimum absolute atomic E-state index is 0.259. The highest BCUT2D eigenvalue weighted by Gasteiger charge is 2.27. The molecule has 3 atom stereocenters. The van der Waals surface area contributed by atoms with Crippen LogP contribution in [0.2, 0.25) is 0 Å². The molecule has 1 nitrogen and oxygen atoms in total. The molecule has 1 heteroatoms. The van der Waals surface area contributed by atoms with Gasteiger partial charge >= 0.3 is 0 Å². The van der Waals surface area contributed by atoms with Crippen molar-refractivity contribution < 1.29 is 4.79 Å². The maximum absolute atomic E-state index is 11.9. The molecule has 0 heterocycles. The Morgan fingerprint density at radius 3 is 2.42 bits per heavy atom. The summed E-state index contributed by atoms with van der Waals surface area (Å²) in [6.07, 6.45) is 8.06. The van der Waals surface area contributed by atoms with Gasteiger partial charge in [-0.2, -0.15) is 0 Å². The van der Waals surface area contributed by atoms with E-state index in [2.05, 4.69) is 32.1 Å². The Morgan fingerprint density at radius 2 is 1.79 bits per heavy atom. The number of carbonyl (C=O) groups excluding carboxylic acids is 1. The number of ketones is 1. The molecule has 1 aliphatic carbocycles. The summed E-state index contributed by atoms with van der Waals surface area (Å²) in [6.45, 7) is 4.60. The molecular formula is C18H24O. The first kappa shape index (κ1) is 14.0. The van der Waals surface area contributed by atoms with Crippen LogP contribution in [0.1, 0.15) is 38.7 Å². The first-order chi connectivity index (χ1) is 9.16. The van der Waals surface area contributed by atoms with Crippen molar-refractivity contribution in [3.05, 3.63) is 48.0 Å². The number of hydrogen-bond donors (Lipinski definition) is 0. The van der Waals surface area contributed by atoms with E-state index in [-0.39, 0.29) is 5.78 Å². The Kier molecular flexibility index (Phi) is 4.95. The van der Waals surface area contributed by atoms with E-state index in [1.54, 1.807) is 0 Å². The van der Waals surface area contributed by atoms with Gasteiger partial charge in [-0.15, -0.1) is 0 Å². The summed E-state index contributed by atoms with van der Waals surface area (Å²) in [6, 6.07) is 10.2. The zero-order valence-electron chi connectivity index (χ0n) is 12.0. The molecule has 1 fully saturated rings. The normalized spacial score (nSPS) is 26.9. The second kappa shape index (κ2) is 6.70. The molecule has 0 aromatic heterocycles. The zero-order chi connectivity index (χ0) is 13.7. The van der Waals surface area contributed by atoms with Crippen molar-refractivity contribution in [3.63, 3.8) is 0 Å². The molecule has 0 N–H and O–H groups in total. The first-order valence-corrected chi connectivity index (χ1v) is 7.42. The highest BCUT2D eigenvalue weighted by molar-refractivity contribution is 5.89. The predicted octanol–water partition coefficient (Wildman–Crippen LogP) is 4.43. The Morgan fingerprint density at radius 1 is 1.16 bits per heavy atom. The third kappa shape index (κ3) is 4.05. The van der Waals surface area contributed by atoms with Gasteiger partial charge in [-0.05, 0) is 48.7 Å². The van der Waals surface area contributed by atoms with Crippen molar-refractivity contribution >= 4 is 5.78 Å². The summed E-state index contributed by atoms with van der Waals surface area (Å²) >= 11 is 0. The molecule has 0 unspecified atom stereocenters. The predicted molar refractivity (Wildman–Crippen MR) is 80.0 cm³/mol. The molecule has 1 saturated carbocycles. The van der Waals surface area contributed by atoms with Gasteiger partial charge in [0.2, 0.25) is 0 Å². The molecule has 0 aliphatic heterocycles. The van der Waals surface area contributed by atoms with Crippen molar-refractivity contribution in [2.24, 2.45) is 17.8 Å². The maximum Gasteiger partial charge on any atom is 0.155 e. The lowest BCUT2D eigenvalue weighted by Crippen LogP contribution is -2.08. The van der Waals surface area contributed by atoms with Crippen LogP contribution in [0.25, 0.3) is 0 Å². The van der Waals surface area contributed by atoms with E-state index in [1.165, 1.54) is 18.4 Å². The fraction of sp³-hybridized carbons (Fsp3) is 0.500. The molecule has 102 valence electrons. The summed E-state index contributed by atoms with van der Waals surface area (Å²) in [5.41, 5.74) is 1.24. The fourth-order valence-corrected chi connectivity index (χ4v) is 3.06. The maximum atomic E-state index is 11.9. The van der Waals surface area contributed by atoms with Crippen LogP contribution in [0, 0.1) is 17.8 Å². The van der Waals surface area contributed by atoms with E-state index in [9.17, 15) is 4.79 Å². The summed E-state index contributed by atoms with van der Waals surface area (Å²) < 4.78 is 0. The van der Waals surface area contributed by atoms with Crippen LogP contribution < -0.4 is 0 Å². The largest absolute Gasteiger partial charge is 0.295 e. The molecule has 1 aliphatic rings. The van der Waals surface area contributed by atoms with Crippen LogP contribution in [0.15, 0.2) is 42.5 Å². The quantitative estimate of drug-likeness (QED) is 0.712.